The van der Waals surface area contributed by atoms with Crippen LogP contribution in [-0.4, -0.2) is 30.4 Å². The van der Waals surface area contributed by atoms with Gasteiger partial charge in [0, 0.05) is 13.1 Å². The van der Waals surface area contributed by atoms with Crippen LogP contribution in [0.5, 0.6) is 0 Å². The summed E-state index contributed by atoms with van der Waals surface area (Å²) in [6.45, 7) is 2.64. The van der Waals surface area contributed by atoms with E-state index in [9.17, 15) is 14.0 Å². The van der Waals surface area contributed by atoms with Crippen molar-refractivity contribution >= 4 is 11.9 Å². The number of rotatable bonds is 6. The zero-order valence-corrected chi connectivity index (χ0v) is 14.3. The van der Waals surface area contributed by atoms with E-state index in [1.54, 1.807) is 26.1 Å². The minimum Gasteiger partial charge on any atom is -0.338 e. The van der Waals surface area contributed by atoms with Crippen LogP contribution >= 0.6 is 0 Å². The Labute approximate surface area is 146 Å². The van der Waals surface area contributed by atoms with Gasteiger partial charge in [-0.25, -0.2) is 9.18 Å². The summed E-state index contributed by atoms with van der Waals surface area (Å²) in [4.78, 5) is 26.2. The summed E-state index contributed by atoms with van der Waals surface area (Å²) in [5.74, 6) is -0.721. The Bertz CT molecular complexity index is 704. The molecule has 0 radical (unpaired) electrons. The van der Waals surface area contributed by atoms with Crippen LogP contribution in [-0.2, 0) is 11.3 Å². The maximum Gasteiger partial charge on any atom is 0.321 e. The highest BCUT2D eigenvalue weighted by molar-refractivity contribution is 5.97. The number of nitrogens with zero attached hydrogens (tertiary/aromatic N) is 1. The third-order valence-electron chi connectivity index (χ3n) is 3.72. The highest BCUT2D eigenvalue weighted by Crippen LogP contribution is 2.21. The molecule has 0 saturated heterocycles. The molecule has 0 aliphatic heterocycles. The lowest BCUT2D eigenvalue weighted by atomic mass is 10.0. The molecular formula is C19H22FN3O2. The van der Waals surface area contributed by atoms with E-state index in [-0.39, 0.29) is 5.82 Å². The Hall–Kier alpha value is -2.73. The van der Waals surface area contributed by atoms with Gasteiger partial charge in [-0.15, -0.1) is 0 Å². The molecule has 0 heterocycles. The summed E-state index contributed by atoms with van der Waals surface area (Å²) in [5, 5.41) is 4.91. The molecule has 132 valence electrons. The van der Waals surface area contributed by atoms with Gasteiger partial charge in [0.1, 0.15) is 11.9 Å². The standard InChI is InChI=1S/C19H22FN3O2/c1-3-21-19(25)22-18(24)17(15-7-5-4-6-8-15)23(2)13-14-9-11-16(20)12-10-14/h4-12,17H,3,13H2,1-2H3,(H2,21,22,24,25)/t17-/m0/s1. The number of nitrogens with one attached hydrogen (secondary N) is 2. The van der Waals surface area contributed by atoms with Crippen molar-refractivity contribution in [3.05, 3.63) is 71.5 Å². The minimum atomic E-state index is -0.645. The van der Waals surface area contributed by atoms with Crippen LogP contribution in [0.4, 0.5) is 9.18 Å². The van der Waals surface area contributed by atoms with Crippen molar-refractivity contribution in [1.29, 1.82) is 0 Å². The first kappa shape index (κ1) is 18.6. The van der Waals surface area contributed by atoms with E-state index in [0.29, 0.717) is 13.1 Å². The van der Waals surface area contributed by atoms with Crippen molar-refractivity contribution in [2.75, 3.05) is 13.6 Å². The molecule has 2 aromatic carbocycles. The van der Waals surface area contributed by atoms with Gasteiger partial charge in [0.2, 0.25) is 5.91 Å². The number of amides is 3. The second-order valence-electron chi connectivity index (χ2n) is 5.70. The summed E-state index contributed by atoms with van der Waals surface area (Å²) < 4.78 is 13.1. The fourth-order valence-electron chi connectivity index (χ4n) is 2.60. The second kappa shape index (κ2) is 8.94. The van der Waals surface area contributed by atoms with Crippen molar-refractivity contribution in [1.82, 2.24) is 15.5 Å². The SMILES string of the molecule is CCNC(=O)NC(=O)[C@H](c1ccccc1)N(C)Cc1ccc(F)cc1. The summed E-state index contributed by atoms with van der Waals surface area (Å²) in [6.07, 6.45) is 0. The van der Waals surface area contributed by atoms with Gasteiger partial charge >= 0.3 is 6.03 Å². The maximum atomic E-state index is 13.1. The lowest BCUT2D eigenvalue weighted by molar-refractivity contribution is -0.125. The van der Waals surface area contributed by atoms with E-state index >= 15 is 0 Å². The van der Waals surface area contributed by atoms with E-state index in [1.165, 1.54) is 12.1 Å². The number of hydrogen-bond donors (Lipinski definition) is 2. The molecule has 0 aliphatic carbocycles. The first-order valence-electron chi connectivity index (χ1n) is 8.09. The molecule has 2 N–H and O–H groups in total. The number of hydrogen-bond acceptors (Lipinski definition) is 3. The molecule has 0 unspecified atom stereocenters. The third-order valence-corrected chi connectivity index (χ3v) is 3.72. The largest absolute Gasteiger partial charge is 0.338 e. The van der Waals surface area contributed by atoms with Gasteiger partial charge in [-0.05, 0) is 37.2 Å². The van der Waals surface area contributed by atoms with Gasteiger partial charge in [-0.1, -0.05) is 42.5 Å². The molecular weight excluding hydrogens is 321 g/mol. The average molecular weight is 343 g/mol. The molecule has 0 spiro atoms. The normalized spacial score (nSPS) is 11.8. The molecule has 25 heavy (non-hydrogen) atoms. The van der Waals surface area contributed by atoms with Crippen LogP contribution in [0, 0.1) is 5.82 Å². The number of carbonyl (C=O) groups is 2. The molecule has 0 bridgehead atoms. The number of likely N-dealkylation sites (N-methyl/N-ethyl adjacent to an activating group) is 1. The van der Waals surface area contributed by atoms with Crippen LogP contribution in [0.15, 0.2) is 54.6 Å². The van der Waals surface area contributed by atoms with Crippen molar-refractivity contribution in [3.63, 3.8) is 0 Å². The molecule has 3 amide bonds. The number of urea groups is 1. The van der Waals surface area contributed by atoms with Gasteiger partial charge in [0.25, 0.3) is 0 Å². The molecule has 1 atom stereocenters. The van der Waals surface area contributed by atoms with Gasteiger partial charge in [-0.2, -0.15) is 0 Å². The molecule has 0 saturated carbocycles. The molecule has 5 nitrogen and oxygen atoms in total. The van der Waals surface area contributed by atoms with Crippen LogP contribution in [0.1, 0.15) is 24.1 Å². The molecule has 2 aromatic rings. The number of imide groups is 1. The second-order valence-corrected chi connectivity index (χ2v) is 5.70. The Kier molecular flexibility index (Phi) is 6.65. The Morgan fingerprint density at radius 1 is 1.08 bits per heavy atom. The van der Waals surface area contributed by atoms with Gasteiger partial charge in [0.15, 0.2) is 0 Å². The summed E-state index contributed by atoms with van der Waals surface area (Å²) in [7, 11) is 1.79. The van der Waals surface area contributed by atoms with E-state index in [4.69, 9.17) is 0 Å². The monoisotopic (exact) mass is 343 g/mol. The molecule has 6 heteroatoms. The van der Waals surface area contributed by atoms with Crippen LogP contribution in [0.3, 0.4) is 0 Å². The minimum absolute atomic E-state index is 0.306. The third kappa shape index (κ3) is 5.39. The van der Waals surface area contributed by atoms with Crippen molar-refractivity contribution in [2.24, 2.45) is 0 Å². The smallest absolute Gasteiger partial charge is 0.321 e. The molecule has 0 aliphatic rings. The Morgan fingerprint density at radius 2 is 1.72 bits per heavy atom. The van der Waals surface area contributed by atoms with Crippen molar-refractivity contribution < 1.29 is 14.0 Å². The molecule has 2 rings (SSSR count). The first-order valence-corrected chi connectivity index (χ1v) is 8.09. The topological polar surface area (TPSA) is 61.4 Å². The fraction of sp³-hybridized carbons (Fsp3) is 0.263. The predicted molar refractivity (Wildman–Crippen MR) is 94.3 cm³/mol. The highest BCUT2D eigenvalue weighted by atomic mass is 19.1. The zero-order valence-electron chi connectivity index (χ0n) is 14.3. The van der Waals surface area contributed by atoms with E-state index < -0.39 is 18.0 Å². The highest BCUT2D eigenvalue weighted by Gasteiger charge is 2.26. The molecule has 0 fully saturated rings. The quantitative estimate of drug-likeness (QED) is 0.848. The van der Waals surface area contributed by atoms with Crippen LogP contribution in [0.25, 0.3) is 0 Å². The first-order chi connectivity index (χ1) is 12.0. The number of carbonyl (C=O) groups excluding carboxylic acids is 2. The summed E-state index contributed by atoms with van der Waals surface area (Å²) in [5.41, 5.74) is 1.64. The van der Waals surface area contributed by atoms with Crippen molar-refractivity contribution in [3.8, 4) is 0 Å². The van der Waals surface area contributed by atoms with Crippen LogP contribution in [0.2, 0.25) is 0 Å². The van der Waals surface area contributed by atoms with Crippen molar-refractivity contribution in [2.45, 2.75) is 19.5 Å². The number of halogens is 1. The van der Waals surface area contributed by atoms with Gasteiger partial charge < -0.3 is 5.32 Å². The fourth-order valence-corrected chi connectivity index (χ4v) is 2.60. The van der Waals surface area contributed by atoms with Crippen LogP contribution < -0.4 is 10.6 Å². The maximum absolute atomic E-state index is 13.1. The van der Waals surface area contributed by atoms with Gasteiger partial charge in [0.05, 0.1) is 0 Å². The summed E-state index contributed by atoms with van der Waals surface area (Å²) in [6, 6.07) is 14.2. The predicted octanol–water partition coefficient (Wildman–Crippen LogP) is 2.84. The average Bonchev–Trinajstić information content (AvgIpc) is 2.58. The lowest BCUT2D eigenvalue weighted by Crippen LogP contribution is -2.45. The van der Waals surface area contributed by atoms with E-state index in [0.717, 1.165) is 11.1 Å². The summed E-state index contributed by atoms with van der Waals surface area (Å²) >= 11 is 0. The van der Waals surface area contributed by atoms with E-state index in [2.05, 4.69) is 10.6 Å². The van der Waals surface area contributed by atoms with Gasteiger partial charge in [-0.3, -0.25) is 15.0 Å². The van der Waals surface area contributed by atoms with E-state index in [1.807, 2.05) is 35.2 Å². The number of benzene rings is 2. The zero-order chi connectivity index (χ0) is 18.2. The Balaban J connectivity index is 2.20. The Morgan fingerprint density at radius 3 is 2.32 bits per heavy atom. The lowest BCUT2D eigenvalue weighted by Gasteiger charge is -2.27. The molecule has 0 aromatic heterocycles.